The van der Waals surface area contributed by atoms with Crippen LogP contribution in [0.15, 0.2) is 0 Å². The van der Waals surface area contributed by atoms with E-state index in [0.29, 0.717) is 29.1 Å². The molecule has 4 rings (SSSR count). The van der Waals surface area contributed by atoms with Crippen molar-refractivity contribution in [3.05, 3.63) is 0 Å². The number of hydrogen-bond acceptors (Lipinski definition) is 3. The second-order valence-electron chi connectivity index (χ2n) is 10.9. The highest BCUT2D eigenvalue weighted by molar-refractivity contribution is 5.92. The third-order valence-corrected chi connectivity index (χ3v) is 9.95. The third kappa shape index (κ3) is 3.00. The Morgan fingerprint density at radius 1 is 0.893 bits per heavy atom. The van der Waals surface area contributed by atoms with Gasteiger partial charge in [0.25, 0.3) is 0 Å². The largest absolute Gasteiger partial charge is 0.481 e. The van der Waals surface area contributed by atoms with Crippen molar-refractivity contribution in [2.24, 2.45) is 46.3 Å². The standard InChI is InChI=1S/C23H36O5/c1-22-9-7-15(24)11-13(22)3-5-16-18-6-4-14(12-17(20(25)26)21(27)28)23(18,2)10-8-19(16)22/h13-19,24H,3-12H2,1-2H3,(H,25,26)(H,27,28)/t13?,14-,15?,16+,18+,19+,22+,23-/m1/s1. The van der Waals surface area contributed by atoms with Gasteiger partial charge in [0, 0.05) is 0 Å². The second kappa shape index (κ2) is 7.00. The lowest BCUT2D eigenvalue weighted by Gasteiger charge is -2.61. The Balaban J connectivity index is 1.54. The van der Waals surface area contributed by atoms with Gasteiger partial charge in [-0.05, 0) is 105 Å². The number of aliphatic hydroxyl groups excluding tert-OH is 1. The van der Waals surface area contributed by atoms with Crippen LogP contribution in [0.25, 0.3) is 0 Å². The molecule has 5 nitrogen and oxygen atoms in total. The number of hydrogen-bond donors (Lipinski definition) is 3. The molecule has 158 valence electrons. The fourth-order valence-electron chi connectivity index (χ4n) is 8.32. The van der Waals surface area contributed by atoms with E-state index in [2.05, 4.69) is 13.8 Å². The summed E-state index contributed by atoms with van der Waals surface area (Å²) in [6, 6.07) is 0. The minimum absolute atomic E-state index is 0.0850. The lowest BCUT2D eigenvalue weighted by atomic mass is 9.44. The Kier molecular flexibility index (Phi) is 5.05. The van der Waals surface area contributed by atoms with Crippen molar-refractivity contribution >= 4 is 11.9 Å². The topological polar surface area (TPSA) is 94.8 Å². The molecule has 0 bridgehead atoms. The number of fused-ring (bicyclic) bond motifs is 5. The maximum absolute atomic E-state index is 11.4. The molecule has 4 aliphatic carbocycles. The van der Waals surface area contributed by atoms with Gasteiger partial charge in [-0.2, -0.15) is 0 Å². The summed E-state index contributed by atoms with van der Waals surface area (Å²) in [5.74, 6) is -0.810. The van der Waals surface area contributed by atoms with Crippen LogP contribution in [0.2, 0.25) is 0 Å². The normalized spacial score (nSPS) is 47.9. The Hall–Kier alpha value is -1.10. The van der Waals surface area contributed by atoms with Crippen molar-refractivity contribution in [2.75, 3.05) is 0 Å². The van der Waals surface area contributed by atoms with Crippen LogP contribution in [-0.2, 0) is 9.59 Å². The zero-order valence-electron chi connectivity index (χ0n) is 17.3. The molecule has 8 atom stereocenters. The van der Waals surface area contributed by atoms with E-state index < -0.39 is 17.9 Å². The fourth-order valence-corrected chi connectivity index (χ4v) is 8.32. The van der Waals surface area contributed by atoms with Crippen molar-refractivity contribution < 1.29 is 24.9 Å². The molecule has 4 saturated carbocycles. The number of aliphatic hydroxyl groups is 1. The summed E-state index contributed by atoms with van der Waals surface area (Å²) in [6.07, 6.45) is 9.99. The first kappa shape index (κ1) is 20.2. The number of rotatable bonds is 4. The summed E-state index contributed by atoms with van der Waals surface area (Å²) in [4.78, 5) is 22.9. The Labute approximate surface area is 167 Å². The molecule has 3 N–H and O–H groups in total. The van der Waals surface area contributed by atoms with Gasteiger partial charge in [0.15, 0.2) is 5.92 Å². The zero-order chi connectivity index (χ0) is 20.3. The lowest BCUT2D eigenvalue weighted by molar-refractivity contribution is -0.156. The van der Waals surface area contributed by atoms with E-state index in [1.807, 2.05) is 0 Å². The zero-order valence-corrected chi connectivity index (χ0v) is 17.3. The third-order valence-electron chi connectivity index (χ3n) is 9.95. The van der Waals surface area contributed by atoms with Gasteiger partial charge in [-0.3, -0.25) is 9.59 Å². The summed E-state index contributed by atoms with van der Waals surface area (Å²) in [7, 11) is 0. The molecule has 0 heterocycles. The fraction of sp³-hybridized carbons (Fsp3) is 0.913. The van der Waals surface area contributed by atoms with Crippen molar-refractivity contribution in [3.8, 4) is 0 Å². The molecule has 0 radical (unpaired) electrons. The molecule has 28 heavy (non-hydrogen) atoms. The summed E-state index contributed by atoms with van der Waals surface area (Å²) in [5, 5.41) is 28.9. The molecule has 0 spiro atoms. The molecular formula is C23H36O5. The van der Waals surface area contributed by atoms with Gasteiger partial charge in [-0.1, -0.05) is 13.8 Å². The van der Waals surface area contributed by atoms with Crippen molar-refractivity contribution in [3.63, 3.8) is 0 Å². The molecule has 0 aromatic heterocycles. The van der Waals surface area contributed by atoms with Crippen LogP contribution >= 0.6 is 0 Å². The van der Waals surface area contributed by atoms with Crippen LogP contribution in [0.5, 0.6) is 0 Å². The van der Waals surface area contributed by atoms with Gasteiger partial charge in [0.2, 0.25) is 0 Å². The quantitative estimate of drug-likeness (QED) is 0.624. The van der Waals surface area contributed by atoms with Crippen molar-refractivity contribution in [2.45, 2.75) is 84.2 Å². The highest BCUT2D eigenvalue weighted by atomic mass is 16.4. The summed E-state index contributed by atoms with van der Waals surface area (Å²) < 4.78 is 0. The average molecular weight is 393 g/mol. The molecule has 5 heteroatoms. The maximum atomic E-state index is 11.4. The predicted octanol–water partition coefficient (Wildman–Crippen LogP) is 4.18. The van der Waals surface area contributed by atoms with E-state index in [1.54, 1.807) is 0 Å². The van der Waals surface area contributed by atoms with Crippen LogP contribution in [0, 0.1) is 46.3 Å². The molecule has 2 unspecified atom stereocenters. The Morgan fingerprint density at radius 3 is 2.21 bits per heavy atom. The Bertz CT molecular complexity index is 633. The lowest BCUT2D eigenvalue weighted by Crippen LogP contribution is -2.54. The minimum Gasteiger partial charge on any atom is -0.481 e. The average Bonchev–Trinajstić information content (AvgIpc) is 2.96. The number of carboxylic acid groups (broad SMARTS) is 2. The monoisotopic (exact) mass is 392 g/mol. The first-order chi connectivity index (χ1) is 13.2. The highest BCUT2D eigenvalue weighted by Gasteiger charge is 2.60. The molecule has 0 saturated heterocycles. The van der Waals surface area contributed by atoms with Crippen LogP contribution in [0.4, 0.5) is 0 Å². The van der Waals surface area contributed by atoms with Gasteiger partial charge in [0.05, 0.1) is 6.10 Å². The maximum Gasteiger partial charge on any atom is 0.317 e. The van der Waals surface area contributed by atoms with Gasteiger partial charge >= 0.3 is 11.9 Å². The number of carbonyl (C=O) groups is 2. The van der Waals surface area contributed by atoms with Gasteiger partial charge in [-0.25, -0.2) is 0 Å². The van der Waals surface area contributed by atoms with E-state index in [1.165, 1.54) is 19.3 Å². The number of aliphatic carboxylic acids is 2. The molecule has 4 fully saturated rings. The summed E-state index contributed by atoms with van der Waals surface area (Å²) in [5.41, 5.74) is 0.425. The molecule has 0 aliphatic heterocycles. The summed E-state index contributed by atoms with van der Waals surface area (Å²) in [6.45, 7) is 4.80. The predicted molar refractivity (Wildman–Crippen MR) is 105 cm³/mol. The van der Waals surface area contributed by atoms with Crippen LogP contribution in [-0.4, -0.2) is 33.4 Å². The smallest absolute Gasteiger partial charge is 0.317 e. The van der Waals surface area contributed by atoms with E-state index in [0.717, 1.165) is 38.5 Å². The molecule has 0 aromatic rings. The van der Waals surface area contributed by atoms with Gasteiger partial charge in [-0.15, -0.1) is 0 Å². The van der Waals surface area contributed by atoms with E-state index in [9.17, 15) is 24.9 Å². The van der Waals surface area contributed by atoms with E-state index in [-0.39, 0.29) is 23.9 Å². The van der Waals surface area contributed by atoms with Gasteiger partial charge in [0.1, 0.15) is 0 Å². The van der Waals surface area contributed by atoms with Crippen LogP contribution < -0.4 is 0 Å². The molecular weight excluding hydrogens is 356 g/mol. The Morgan fingerprint density at radius 2 is 1.54 bits per heavy atom. The highest BCUT2D eigenvalue weighted by Crippen LogP contribution is 2.68. The SMILES string of the molecule is C[C@]12CC[C@H]3[C@@H](CCC4CC(O)CC[C@@]43C)[C@@H]1CC[C@@H]2CC(C(=O)O)C(=O)O. The van der Waals surface area contributed by atoms with Crippen LogP contribution in [0.1, 0.15) is 78.1 Å². The van der Waals surface area contributed by atoms with Gasteiger partial charge < -0.3 is 15.3 Å². The van der Waals surface area contributed by atoms with Crippen molar-refractivity contribution in [1.82, 2.24) is 0 Å². The summed E-state index contributed by atoms with van der Waals surface area (Å²) >= 11 is 0. The minimum atomic E-state index is -1.27. The van der Waals surface area contributed by atoms with Crippen LogP contribution in [0.3, 0.4) is 0 Å². The van der Waals surface area contributed by atoms with E-state index >= 15 is 0 Å². The number of carboxylic acids is 2. The molecule has 0 amide bonds. The second-order valence-corrected chi connectivity index (χ2v) is 10.9. The van der Waals surface area contributed by atoms with Crippen molar-refractivity contribution in [1.29, 1.82) is 0 Å². The van der Waals surface area contributed by atoms with E-state index in [4.69, 9.17) is 0 Å². The first-order valence-electron chi connectivity index (χ1n) is 11.3. The molecule has 0 aromatic carbocycles. The molecule has 4 aliphatic rings. The first-order valence-corrected chi connectivity index (χ1v) is 11.3.